The fraction of sp³-hybridized carbons (Fsp3) is 0.429. The predicted octanol–water partition coefficient (Wildman–Crippen LogP) is 2.84. The van der Waals surface area contributed by atoms with E-state index in [0.29, 0.717) is 29.7 Å². The number of carbonyl (C=O) groups is 1. The molecule has 104 valence electrons. The Balaban J connectivity index is 2.27. The van der Waals surface area contributed by atoms with Gasteiger partial charge in [-0.1, -0.05) is 0 Å². The number of nitrogens with one attached hydrogen (secondary N) is 1. The van der Waals surface area contributed by atoms with Crippen molar-refractivity contribution in [3.8, 4) is 6.07 Å². The Kier molecular flexibility index (Phi) is 3.45. The van der Waals surface area contributed by atoms with Gasteiger partial charge in [-0.05, 0) is 44.7 Å². The molecule has 0 spiro atoms. The molecule has 2 rings (SSSR count). The van der Waals surface area contributed by atoms with Crippen LogP contribution in [0.1, 0.15) is 30.4 Å². The summed E-state index contributed by atoms with van der Waals surface area (Å²) < 4.78 is 0. The highest BCUT2D eigenvalue weighted by Crippen LogP contribution is 2.41. The number of benzene rings is 1. The molecule has 6 heteroatoms. The molecule has 1 fully saturated rings. The summed E-state index contributed by atoms with van der Waals surface area (Å²) in [5.74, 6) is -0.317. The normalized spacial score (nSPS) is 15.8. The summed E-state index contributed by atoms with van der Waals surface area (Å²) in [5.41, 5.74) is 0.722. The summed E-state index contributed by atoms with van der Waals surface area (Å²) in [6.45, 7) is 3.32. The second kappa shape index (κ2) is 4.93. The number of nitrogens with zero attached hydrogens (tertiary/aromatic N) is 2. The van der Waals surface area contributed by atoms with Crippen LogP contribution in [-0.4, -0.2) is 10.8 Å². The van der Waals surface area contributed by atoms with Crippen molar-refractivity contribution in [2.24, 2.45) is 5.41 Å². The molecule has 0 atom stereocenters. The largest absolute Gasteiger partial charge is 0.324 e. The van der Waals surface area contributed by atoms with E-state index in [1.54, 1.807) is 19.9 Å². The van der Waals surface area contributed by atoms with Crippen molar-refractivity contribution in [1.82, 2.24) is 0 Å². The molecule has 1 aliphatic rings. The minimum absolute atomic E-state index is 0.0270. The fourth-order valence-electron chi connectivity index (χ4n) is 2.29. The van der Waals surface area contributed by atoms with Crippen molar-refractivity contribution in [2.75, 3.05) is 5.32 Å². The summed E-state index contributed by atoms with van der Waals surface area (Å²) in [6.07, 6.45) is 2.01. The topological polar surface area (TPSA) is 96.0 Å². The van der Waals surface area contributed by atoms with Crippen LogP contribution in [-0.2, 0) is 4.79 Å². The van der Waals surface area contributed by atoms with Gasteiger partial charge in [0.2, 0.25) is 5.91 Å². The van der Waals surface area contributed by atoms with Crippen LogP contribution >= 0.6 is 0 Å². The molecule has 0 unspecified atom stereocenters. The molecule has 0 aromatic heterocycles. The van der Waals surface area contributed by atoms with Gasteiger partial charge in [0, 0.05) is 17.3 Å². The molecule has 0 heterocycles. The van der Waals surface area contributed by atoms with E-state index in [0.717, 1.165) is 6.42 Å². The van der Waals surface area contributed by atoms with E-state index in [2.05, 4.69) is 11.4 Å². The molecule has 1 aliphatic carbocycles. The highest BCUT2D eigenvalue weighted by molar-refractivity contribution is 5.98. The first-order valence-electron chi connectivity index (χ1n) is 6.38. The third kappa shape index (κ3) is 2.23. The lowest BCUT2D eigenvalue weighted by atomic mass is 9.69. The van der Waals surface area contributed by atoms with Gasteiger partial charge < -0.3 is 5.32 Å². The van der Waals surface area contributed by atoms with Crippen molar-refractivity contribution in [3.63, 3.8) is 0 Å². The van der Waals surface area contributed by atoms with Crippen molar-refractivity contribution in [1.29, 1.82) is 5.26 Å². The SMILES string of the molecule is Cc1cc([N+](=O)[O-])c(C)cc1NC(=O)C1(C#N)CCC1. The van der Waals surface area contributed by atoms with Crippen molar-refractivity contribution in [2.45, 2.75) is 33.1 Å². The third-order valence-electron chi connectivity index (χ3n) is 3.84. The highest BCUT2D eigenvalue weighted by atomic mass is 16.6. The number of rotatable bonds is 3. The van der Waals surface area contributed by atoms with Crippen LogP contribution in [0.3, 0.4) is 0 Å². The van der Waals surface area contributed by atoms with Crippen LogP contribution in [0.5, 0.6) is 0 Å². The number of nitro groups is 1. The molecule has 0 saturated heterocycles. The van der Waals surface area contributed by atoms with Gasteiger partial charge in [-0.25, -0.2) is 0 Å². The van der Waals surface area contributed by atoms with Gasteiger partial charge in [-0.3, -0.25) is 14.9 Å². The zero-order valence-corrected chi connectivity index (χ0v) is 11.4. The number of amides is 1. The van der Waals surface area contributed by atoms with Crippen LogP contribution in [0, 0.1) is 40.7 Å². The molecule has 1 aromatic carbocycles. The number of nitro benzene ring substituents is 1. The monoisotopic (exact) mass is 273 g/mol. The number of aryl methyl sites for hydroxylation is 2. The molecular weight excluding hydrogens is 258 g/mol. The first-order chi connectivity index (χ1) is 9.39. The third-order valence-corrected chi connectivity index (χ3v) is 3.84. The van der Waals surface area contributed by atoms with Crippen molar-refractivity contribution in [3.05, 3.63) is 33.4 Å². The Hall–Kier alpha value is -2.42. The Bertz CT molecular complexity index is 627. The van der Waals surface area contributed by atoms with Crippen LogP contribution < -0.4 is 5.32 Å². The first kappa shape index (κ1) is 14.0. The summed E-state index contributed by atoms with van der Waals surface area (Å²) in [5, 5.41) is 22.7. The zero-order chi connectivity index (χ0) is 14.9. The maximum atomic E-state index is 12.2. The minimum atomic E-state index is -0.928. The summed E-state index contributed by atoms with van der Waals surface area (Å²) in [4.78, 5) is 22.6. The molecular formula is C14H15N3O3. The lowest BCUT2D eigenvalue weighted by Gasteiger charge is -2.33. The Morgan fingerprint density at radius 1 is 1.40 bits per heavy atom. The van der Waals surface area contributed by atoms with Crippen LogP contribution in [0.2, 0.25) is 0 Å². The maximum Gasteiger partial charge on any atom is 0.272 e. The maximum absolute atomic E-state index is 12.2. The predicted molar refractivity (Wildman–Crippen MR) is 73.1 cm³/mol. The van der Waals surface area contributed by atoms with Gasteiger partial charge in [0.15, 0.2) is 0 Å². The summed E-state index contributed by atoms with van der Waals surface area (Å²) >= 11 is 0. The number of nitriles is 1. The molecule has 1 saturated carbocycles. The number of anilines is 1. The Labute approximate surface area is 116 Å². The Morgan fingerprint density at radius 3 is 2.50 bits per heavy atom. The molecule has 1 N–H and O–H groups in total. The molecule has 0 aliphatic heterocycles. The van der Waals surface area contributed by atoms with Crippen LogP contribution in [0.25, 0.3) is 0 Å². The van der Waals surface area contributed by atoms with Gasteiger partial charge in [0.25, 0.3) is 5.69 Å². The molecule has 1 amide bonds. The van der Waals surface area contributed by atoms with Gasteiger partial charge in [-0.15, -0.1) is 0 Å². The van der Waals surface area contributed by atoms with Crippen molar-refractivity contribution >= 4 is 17.3 Å². The summed E-state index contributed by atoms with van der Waals surface area (Å²) in [6, 6.07) is 5.09. The smallest absolute Gasteiger partial charge is 0.272 e. The highest BCUT2D eigenvalue weighted by Gasteiger charge is 2.44. The molecule has 20 heavy (non-hydrogen) atoms. The number of hydrogen-bond donors (Lipinski definition) is 1. The van der Waals surface area contributed by atoms with E-state index in [1.165, 1.54) is 6.07 Å². The van der Waals surface area contributed by atoms with E-state index in [9.17, 15) is 14.9 Å². The van der Waals surface area contributed by atoms with E-state index in [4.69, 9.17) is 5.26 Å². The molecule has 0 bridgehead atoms. The van der Waals surface area contributed by atoms with E-state index in [-0.39, 0.29) is 11.6 Å². The molecule has 0 radical (unpaired) electrons. The van der Waals surface area contributed by atoms with Gasteiger partial charge >= 0.3 is 0 Å². The summed E-state index contributed by atoms with van der Waals surface area (Å²) in [7, 11) is 0. The van der Waals surface area contributed by atoms with Crippen LogP contribution in [0.15, 0.2) is 12.1 Å². The second-order valence-corrected chi connectivity index (χ2v) is 5.21. The van der Waals surface area contributed by atoms with Gasteiger partial charge in [0.1, 0.15) is 5.41 Å². The lowest BCUT2D eigenvalue weighted by Crippen LogP contribution is -2.40. The zero-order valence-electron chi connectivity index (χ0n) is 11.4. The Morgan fingerprint density at radius 2 is 2.05 bits per heavy atom. The van der Waals surface area contributed by atoms with E-state index in [1.807, 2.05) is 0 Å². The van der Waals surface area contributed by atoms with Gasteiger partial charge in [0.05, 0.1) is 11.0 Å². The standard InChI is InChI=1S/C14H15N3O3/c1-9-7-12(17(19)20)10(2)6-11(9)16-13(18)14(8-15)4-3-5-14/h6-7H,3-5H2,1-2H3,(H,16,18). The average molecular weight is 273 g/mol. The van der Waals surface area contributed by atoms with Gasteiger partial charge in [-0.2, -0.15) is 5.26 Å². The molecule has 1 aromatic rings. The molecule has 6 nitrogen and oxygen atoms in total. The number of carbonyl (C=O) groups excluding carboxylic acids is 1. The van der Waals surface area contributed by atoms with Crippen molar-refractivity contribution < 1.29 is 9.72 Å². The second-order valence-electron chi connectivity index (χ2n) is 5.21. The lowest BCUT2D eigenvalue weighted by molar-refractivity contribution is -0.385. The van der Waals surface area contributed by atoms with Crippen LogP contribution in [0.4, 0.5) is 11.4 Å². The first-order valence-corrected chi connectivity index (χ1v) is 6.38. The quantitative estimate of drug-likeness (QED) is 0.676. The van der Waals surface area contributed by atoms with E-state index >= 15 is 0 Å². The fourth-order valence-corrected chi connectivity index (χ4v) is 2.29. The minimum Gasteiger partial charge on any atom is -0.324 e. The number of hydrogen-bond acceptors (Lipinski definition) is 4. The average Bonchev–Trinajstić information content (AvgIpc) is 2.32. The van der Waals surface area contributed by atoms with E-state index < -0.39 is 10.3 Å².